The number of nitrogens with one attached hydrogen (secondary N) is 1. The van der Waals surface area contributed by atoms with Crippen molar-refractivity contribution in [3.05, 3.63) is 0 Å². The van der Waals surface area contributed by atoms with Gasteiger partial charge >= 0.3 is 5.97 Å². The highest BCUT2D eigenvalue weighted by Gasteiger charge is 2.18. The maximum absolute atomic E-state index is 11.4. The largest absolute Gasteiger partial charge is 0.464 e. The van der Waals surface area contributed by atoms with E-state index in [0.717, 1.165) is 0 Å². The van der Waals surface area contributed by atoms with Gasteiger partial charge in [-0.25, -0.2) is 4.79 Å². The Bertz CT molecular complexity index is 246. The molecular formula is C11H22N2O3. The number of ether oxygens (including phenoxy) is 1. The molecule has 5 heteroatoms. The topological polar surface area (TPSA) is 81.4 Å². The number of rotatable bonds is 6. The summed E-state index contributed by atoms with van der Waals surface area (Å²) in [5.41, 5.74) is 5.38. The number of amides is 1. The summed E-state index contributed by atoms with van der Waals surface area (Å²) in [4.78, 5) is 22.7. The highest BCUT2D eigenvalue weighted by molar-refractivity contribution is 5.84. The molecule has 0 aromatic heterocycles. The molecule has 0 aromatic carbocycles. The van der Waals surface area contributed by atoms with Crippen LogP contribution in [-0.4, -0.2) is 30.1 Å². The Hall–Kier alpha value is -1.10. The van der Waals surface area contributed by atoms with Gasteiger partial charge in [0.05, 0.1) is 6.61 Å². The number of hydrogen-bond donors (Lipinski definition) is 2. The molecule has 1 unspecified atom stereocenters. The fourth-order valence-corrected chi connectivity index (χ4v) is 1.08. The molecule has 1 amide bonds. The summed E-state index contributed by atoms with van der Waals surface area (Å²) in [6, 6.07) is -0.603. The molecule has 16 heavy (non-hydrogen) atoms. The van der Waals surface area contributed by atoms with Gasteiger partial charge in [-0.2, -0.15) is 0 Å². The smallest absolute Gasteiger partial charge is 0.328 e. The first-order valence-corrected chi connectivity index (χ1v) is 5.51. The number of esters is 1. The molecule has 1 atom stereocenters. The standard InChI is InChI=1S/C11H22N2O3/c1-5-16-10(15)8(2)13-9(14)6-7-11(3,4)12/h8H,5-7,12H2,1-4H3,(H,13,14). The van der Waals surface area contributed by atoms with E-state index in [2.05, 4.69) is 5.32 Å². The van der Waals surface area contributed by atoms with E-state index in [1.807, 2.05) is 13.8 Å². The van der Waals surface area contributed by atoms with E-state index < -0.39 is 12.0 Å². The molecule has 0 radical (unpaired) electrons. The van der Waals surface area contributed by atoms with Gasteiger partial charge in [0, 0.05) is 12.0 Å². The first-order chi connectivity index (χ1) is 7.26. The van der Waals surface area contributed by atoms with Crippen molar-refractivity contribution in [2.75, 3.05) is 6.61 Å². The molecule has 5 nitrogen and oxygen atoms in total. The van der Waals surface area contributed by atoms with E-state index in [4.69, 9.17) is 10.5 Å². The number of nitrogens with two attached hydrogens (primary N) is 1. The van der Waals surface area contributed by atoms with Crippen LogP contribution in [0.25, 0.3) is 0 Å². The third-order valence-electron chi connectivity index (χ3n) is 2.01. The number of hydrogen-bond acceptors (Lipinski definition) is 4. The summed E-state index contributed by atoms with van der Waals surface area (Å²) in [5.74, 6) is -0.595. The first kappa shape index (κ1) is 14.9. The molecule has 0 aliphatic heterocycles. The Morgan fingerprint density at radius 3 is 2.44 bits per heavy atom. The lowest BCUT2D eigenvalue weighted by Crippen LogP contribution is -2.41. The van der Waals surface area contributed by atoms with Crippen molar-refractivity contribution in [3.8, 4) is 0 Å². The van der Waals surface area contributed by atoms with Crippen LogP contribution in [0.4, 0.5) is 0 Å². The number of carbonyl (C=O) groups excluding carboxylic acids is 2. The minimum Gasteiger partial charge on any atom is -0.464 e. The van der Waals surface area contributed by atoms with Gasteiger partial charge in [0.25, 0.3) is 0 Å². The first-order valence-electron chi connectivity index (χ1n) is 5.51. The maximum atomic E-state index is 11.4. The second-order valence-corrected chi connectivity index (χ2v) is 4.53. The van der Waals surface area contributed by atoms with Crippen LogP contribution in [0, 0.1) is 0 Å². The molecule has 0 spiro atoms. The average Bonchev–Trinajstić information content (AvgIpc) is 2.14. The fraction of sp³-hybridized carbons (Fsp3) is 0.818. The van der Waals surface area contributed by atoms with Gasteiger partial charge in [-0.3, -0.25) is 4.79 Å². The zero-order valence-corrected chi connectivity index (χ0v) is 10.5. The molecule has 0 aromatic rings. The monoisotopic (exact) mass is 230 g/mol. The maximum Gasteiger partial charge on any atom is 0.328 e. The lowest BCUT2D eigenvalue weighted by Gasteiger charge is -2.18. The minimum atomic E-state index is -0.603. The Labute approximate surface area is 96.7 Å². The van der Waals surface area contributed by atoms with E-state index in [1.54, 1.807) is 13.8 Å². The molecule has 0 aliphatic carbocycles. The van der Waals surface area contributed by atoms with Crippen LogP contribution in [-0.2, 0) is 14.3 Å². The molecule has 94 valence electrons. The Morgan fingerprint density at radius 1 is 1.44 bits per heavy atom. The van der Waals surface area contributed by atoms with E-state index in [-0.39, 0.29) is 11.4 Å². The summed E-state index contributed by atoms with van der Waals surface area (Å²) in [7, 11) is 0. The molecule has 3 N–H and O–H groups in total. The molecular weight excluding hydrogens is 208 g/mol. The Morgan fingerprint density at radius 2 is 2.00 bits per heavy atom. The van der Waals surface area contributed by atoms with Crippen molar-refractivity contribution >= 4 is 11.9 Å². The van der Waals surface area contributed by atoms with E-state index in [9.17, 15) is 9.59 Å². The second kappa shape index (κ2) is 6.48. The van der Waals surface area contributed by atoms with Crippen molar-refractivity contribution in [2.24, 2.45) is 5.73 Å². The third kappa shape index (κ3) is 7.23. The van der Waals surface area contributed by atoms with E-state index >= 15 is 0 Å². The zero-order chi connectivity index (χ0) is 12.8. The van der Waals surface area contributed by atoms with Gasteiger partial charge in [0.1, 0.15) is 6.04 Å². The molecule has 0 saturated carbocycles. The van der Waals surface area contributed by atoms with Crippen LogP contribution in [0.1, 0.15) is 40.5 Å². The quantitative estimate of drug-likeness (QED) is 0.654. The van der Waals surface area contributed by atoms with Crippen LogP contribution < -0.4 is 11.1 Å². The van der Waals surface area contributed by atoms with Crippen LogP contribution >= 0.6 is 0 Å². The van der Waals surface area contributed by atoms with Crippen molar-refractivity contribution in [1.82, 2.24) is 5.32 Å². The van der Waals surface area contributed by atoms with Gasteiger partial charge in [0.15, 0.2) is 0 Å². The number of carbonyl (C=O) groups is 2. The van der Waals surface area contributed by atoms with Gasteiger partial charge in [-0.1, -0.05) is 0 Å². The van der Waals surface area contributed by atoms with E-state index in [1.165, 1.54) is 0 Å². The van der Waals surface area contributed by atoms with Gasteiger partial charge < -0.3 is 15.8 Å². The molecule has 0 rings (SSSR count). The van der Waals surface area contributed by atoms with Crippen molar-refractivity contribution in [2.45, 2.75) is 52.1 Å². The molecule has 0 saturated heterocycles. The second-order valence-electron chi connectivity index (χ2n) is 4.53. The van der Waals surface area contributed by atoms with Crippen molar-refractivity contribution < 1.29 is 14.3 Å². The lowest BCUT2D eigenvalue weighted by atomic mass is 10.00. The SMILES string of the molecule is CCOC(=O)C(C)NC(=O)CCC(C)(C)N. The van der Waals surface area contributed by atoms with Crippen LogP contribution in [0.3, 0.4) is 0 Å². The Balaban J connectivity index is 3.92. The molecule has 0 bridgehead atoms. The minimum absolute atomic E-state index is 0.181. The van der Waals surface area contributed by atoms with Gasteiger partial charge in [0.2, 0.25) is 5.91 Å². The van der Waals surface area contributed by atoms with Crippen LogP contribution in [0.15, 0.2) is 0 Å². The predicted molar refractivity (Wildman–Crippen MR) is 61.7 cm³/mol. The lowest BCUT2D eigenvalue weighted by molar-refractivity contribution is -0.146. The zero-order valence-electron chi connectivity index (χ0n) is 10.5. The summed E-state index contributed by atoms with van der Waals surface area (Å²) >= 11 is 0. The van der Waals surface area contributed by atoms with Gasteiger partial charge in [-0.15, -0.1) is 0 Å². The normalized spacial score (nSPS) is 13.1. The summed E-state index contributed by atoms with van der Waals surface area (Å²) in [6.45, 7) is 7.35. The van der Waals surface area contributed by atoms with Crippen molar-refractivity contribution in [1.29, 1.82) is 0 Å². The summed E-state index contributed by atoms with van der Waals surface area (Å²) < 4.78 is 4.77. The summed E-state index contributed by atoms with van der Waals surface area (Å²) in [5, 5.41) is 2.57. The highest BCUT2D eigenvalue weighted by atomic mass is 16.5. The van der Waals surface area contributed by atoms with E-state index in [0.29, 0.717) is 19.4 Å². The molecule has 0 fully saturated rings. The third-order valence-corrected chi connectivity index (χ3v) is 2.01. The van der Waals surface area contributed by atoms with Crippen LogP contribution in [0.5, 0.6) is 0 Å². The summed E-state index contributed by atoms with van der Waals surface area (Å²) in [6.07, 6.45) is 0.890. The average molecular weight is 230 g/mol. The predicted octanol–water partition coefficient (Wildman–Crippen LogP) is 0.572. The Kier molecular flexibility index (Phi) is 6.03. The van der Waals surface area contributed by atoms with Gasteiger partial charge in [-0.05, 0) is 34.1 Å². The van der Waals surface area contributed by atoms with Crippen LogP contribution in [0.2, 0.25) is 0 Å². The highest BCUT2D eigenvalue weighted by Crippen LogP contribution is 2.06. The fourth-order valence-electron chi connectivity index (χ4n) is 1.08. The van der Waals surface area contributed by atoms with Crippen molar-refractivity contribution in [3.63, 3.8) is 0 Å². The molecule has 0 heterocycles. The molecule has 0 aliphatic rings.